The van der Waals surface area contributed by atoms with Crippen LogP contribution in [-0.2, 0) is 19.0 Å². The first-order valence-electron chi connectivity index (χ1n) is 13.6. The first-order chi connectivity index (χ1) is 20.8. The Morgan fingerprint density at radius 3 is 2.07 bits per heavy atom. The van der Waals surface area contributed by atoms with Crippen molar-refractivity contribution >= 4 is 16.9 Å². The molecule has 5 rings (SSSR count). The smallest absolute Gasteiger partial charge is 0.303 e. The molecule has 44 heavy (non-hydrogen) atoms. The van der Waals surface area contributed by atoms with Crippen LogP contribution < -0.4 is 14.9 Å². The average molecular weight is 621 g/mol. The Bertz CT molecular complexity index is 1570. The Hall–Kier alpha value is -3.96. The molecule has 0 aliphatic carbocycles. The zero-order valence-corrected chi connectivity index (χ0v) is 23.6. The van der Waals surface area contributed by atoms with Crippen molar-refractivity contribution in [3.05, 3.63) is 46.6 Å². The van der Waals surface area contributed by atoms with E-state index in [1.165, 1.54) is 44.2 Å². The third kappa shape index (κ3) is 5.90. The van der Waals surface area contributed by atoms with E-state index in [2.05, 4.69) is 0 Å². The summed E-state index contributed by atoms with van der Waals surface area (Å²) in [7, 11) is 0. The summed E-state index contributed by atoms with van der Waals surface area (Å²) in [6.45, 7) is 4.05. The number of carbonyl (C=O) groups is 1. The molecule has 2 saturated heterocycles. The number of aromatic hydroxyl groups is 2. The second-order valence-electron chi connectivity index (χ2n) is 10.6. The topological polar surface area (TPSA) is 235 Å². The number of phenols is 2. The molecular formula is C29H32O15. The lowest BCUT2D eigenvalue weighted by Gasteiger charge is -2.40. The van der Waals surface area contributed by atoms with Crippen LogP contribution in [-0.4, -0.2) is 103 Å². The number of hydrogen-bond donors (Lipinski definition) is 7. The lowest BCUT2D eigenvalue weighted by atomic mass is 9.99. The van der Waals surface area contributed by atoms with Crippen molar-refractivity contribution in [1.29, 1.82) is 0 Å². The van der Waals surface area contributed by atoms with Crippen LogP contribution >= 0.6 is 0 Å². The number of phenolic OH excluding ortho intramolecular Hbond substituents is 2. The van der Waals surface area contributed by atoms with Crippen LogP contribution in [0, 0.1) is 0 Å². The van der Waals surface area contributed by atoms with Crippen LogP contribution in [0.5, 0.6) is 23.0 Å². The molecule has 1 aromatic heterocycles. The SMILES string of the molecule is CC(=O)O[C@@H]1[C@@H](O)[C@H](O)[C@@H](Oc2c(-c3ccc(O)cc3)oc3cc(O[C@@H]4O[C@H](C)[C@H](O)[C@@H](O)[C@@H]4O)cc(O)c3c2=O)O[C@H]1C. The van der Waals surface area contributed by atoms with E-state index in [4.69, 9.17) is 28.1 Å². The lowest BCUT2D eigenvalue weighted by Crippen LogP contribution is -2.59. The zero-order valence-electron chi connectivity index (χ0n) is 23.6. The highest BCUT2D eigenvalue weighted by Crippen LogP contribution is 2.38. The maximum atomic E-state index is 13.8. The minimum absolute atomic E-state index is 0.0974. The van der Waals surface area contributed by atoms with Gasteiger partial charge in [-0.1, -0.05) is 0 Å². The molecule has 2 aromatic carbocycles. The average Bonchev–Trinajstić information content (AvgIpc) is 2.97. The van der Waals surface area contributed by atoms with Gasteiger partial charge in [-0.25, -0.2) is 0 Å². The summed E-state index contributed by atoms with van der Waals surface area (Å²) < 4.78 is 33.5. The number of hydrogen-bond acceptors (Lipinski definition) is 15. The fourth-order valence-electron chi connectivity index (χ4n) is 5.05. The quantitative estimate of drug-likeness (QED) is 0.178. The van der Waals surface area contributed by atoms with Crippen LogP contribution in [0.2, 0.25) is 0 Å². The lowest BCUT2D eigenvalue weighted by molar-refractivity contribution is -0.272. The molecule has 15 heteroatoms. The third-order valence-electron chi connectivity index (χ3n) is 7.41. The van der Waals surface area contributed by atoms with E-state index in [-0.39, 0.29) is 33.8 Å². The summed E-state index contributed by atoms with van der Waals surface area (Å²) in [5, 5.41) is 72.0. The maximum Gasteiger partial charge on any atom is 0.303 e. The van der Waals surface area contributed by atoms with Crippen LogP contribution in [0.1, 0.15) is 20.8 Å². The van der Waals surface area contributed by atoms with Gasteiger partial charge in [-0.3, -0.25) is 9.59 Å². The van der Waals surface area contributed by atoms with Crippen LogP contribution in [0.4, 0.5) is 0 Å². The maximum absolute atomic E-state index is 13.8. The Morgan fingerprint density at radius 2 is 1.41 bits per heavy atom. The minimum atomic E-state index is -1.79. The molecule has 3 aromatic rings. The van der Waals surface area contributed by atoms with E-state index < -0.39 is 84.3 Å². The third-order valence-corrected chi connectivity index (χ3v) is 7.41. The van der Waals surface area contributed by atoms with Crippen molar-refractivity contribution in [2.45, 2.75) is 82.2 Å². The van der Waals surface area contributed by atoms with Crippen molar-refractivity contribution in [1.82, 2.24) is 0 Å². The number of carbonyl (C=O) groups excluding carboxylic acids is 1. The Labute approximate surface area is 249 Å². The molecule has 0 radical (unpaired) electrons. The molecule has 3 heterocycles. The van der Waals surface area contributed by atoms with Crippen molar-refractivity contribution in [3.8, 4) is 34.3 Å². The van der Waals surface area contributed by atoms with E-state index >= 15 is 0 Å². The summed E-state index contributed by atoms with van der Waals surface area (Å²) in [6.07, 6.45) is -14.3. The van der Waals surface area contributed by atoms with Gasteiger partial charge in [0.05, 0.1) is 12.2 Å². The second-order valence-corrected chi connectivity index (χ2v) is 10.6. The highest BCUT2D eigenvalue weighted by atomic mass is 16.7. The monoisotopic (exact) mass is 620 g/mol. The van der Waals surface area contributed by atoms with Gasteiger partial charge in [0.1, 0.15) is 58.7 Å². The predicted octanol–water partition coefficient (Wildman–Crippen LogP) is -0.145. The molecule has 0 spiro atoms. The molecule has 0 bridgehead atoms. The summed E-state index contributed by atoms with van der Waals surface area (Å²) in [5.41, 5.74) is -0.913. The van der Waals surface area contributed by atoms with E-state index in [0.29, 0.717) is 0 Å². The number of benzene rings is 2. The van der Waals surface area contributed by atoms with E-state index in [1.807, 2.05) is 0 Å². The van der Waals surface area contributed by atoms with Gasteiger partial charge < -0.3 is 63.8 Å². The van der Waals surface area contributed by atoms with Crippen molar-refractivity contribution in [3.63, 3.8) is 0 Å². The van der Waals surface area contributed by atoms with Crippen LogP contribution in [0.3, 0.4) is 0 Å². The number of aliphatic hydroxyl groups is 5. The first-order valence-corrected chi connectivity index (χ1v) is 13.6. The predicted molar refractivity (Wildman–Crippen MR) is 147 cm³/mol. The molecule has 0 saturated carbocycles. The Balaban J connectivity index is 1.55. The van der Waals surface area contributed by atoms with Gasteiger partial charge in [-0.2, -0.15) is 0 Å². The summed E-state index contributed by atoms with van der Waals surface area (Å²) in [6, 6.07) is 7.67. The zero-order chi connectivity index (χ0) is 32.0. The van der Waals surface area contributed by atoms with E-state index in [9.17, 15) is 45.3 Å². The number of rotatable bonds is 6. The highest BCUT2D eigenvalue weighted by Gasteiger charge is 2.47. The van der Waals surface area contributed by atoms with Gasteiger partial charge in [-0.05, 0) is 38.1 Å². The molecule has 2 fully saturated rings. The number of fused-ring (bicyclic) bond motifs is 1. The molecule has 2 aliphatic heterocycles. The number of esters is 1. The molecule has 0 amide bonds. The molecule has 7 N–H and O–H groups in total. The van der Waals surface area contributed by atoms with Crippen molar-refractivity contribution < 1.29 is 68.6 Å². The second kappa shape index (κ2) is 12.2. The van der Waals surface area contributed by atoms with Crippen LogP contribution in [0.15, 0.2) is 45.6 Å². The van der Waals surface area contributed by atoms with Gasteiger partial charge in [0, 0.05) is 24.6 Å². The normalized spacial score (nSPS) is 32.3. The molecule has 15 nitrogen and oxygen atoms in total. The van der Waals surface area contributed by atoms with Gasteiger partial charge in [0.25, 0.3) is 0 Å². The minimum Gasteiger partial charge on any atom is -0.508 e. The molecule has 238 valence electrons. The Morgan fingerprint density at radius 1 is 0.795 bits per heavy atom. The van der Waals surface area contributed by atoms with Gasteiger partial charge >= 0.3 is 5.97 Å². The fraction of sp³-hybridized carbons (Fsp3) is 0.448. The van der Waals surface area contributed by atoms with Crippen molar-refractivity contribution in [2.24, 2.45) is 0 Å². The largest absolute Gasteiger partial charge is 0.508 e. The van der Waals surface area contributed by atoms with Crippen molar-refractivity contribution in [2.75, 3.05) is 0 Å². The summed E-state index contributed by atoms with van der Waals surface area (Å²) in [4.78, 5) is 25.3. The molecule has 10 atom stereocenters. The fourth-order valence-corrected chi connectivity index (χ4v) is 5.05. The van der Waals surface area contributed by atoms with E-state index in [1.54, 1.807) is 0 Å². The Kier molecular flexibility index (Phi) is 8.73. The summed E-state index contributed by atoms with van der Waals surface area (Å²) >= 11 is 0. The summed E-state index contributed by atoms with van der Waals surface area (Å²) in [5.74, 6) is -2.34. The van der Waals surface area contributed by atoms with E-state index in [0.717, 1.165) is 13.0 Å². The molecular weight excluding hydrogens is 588 g/mol. The highest BCUT2D eigenvalue weighted by molar-refractivity contribution is 5.88. The first kappa shape index (κ1) is 31.5. The van der Waals surface area contributed by atoms with Crippen LogP contribution in [0.25, 0.3) is 22.3 Å². The number of ether oxygens (including phenoxy) is 5. The number of aliphatic hydroxyl groups excluding tert-OH is 5. The van der Waals surface area contributed by atoms with Gasteiger partial charge in [0.15, 0.2) is 11.9 Å². The molecule has 0 unspecified atom stereocenters. The standard InChI is InChI=1S/C29H32O15/c1-10-19(33)21(35)23(37)28(39-10)42-15-8-16(32)18-17(9-15)43-26(13-4-6-14(31)7-5-13)27(20(18)34)44-29-24(38)22(36)25(11(2)40-29)41-12(3)30/h4-11,19,21-25,28-29,31-33,35-38H,1-3H3/t10-,11+,19+,21-,22+,23+,24+,25+,28+,29-/m1/s1. The molecule has 2 aliphatic rings. The van der Waals surface area contributed by atoms with Gasteiger partial charge in [-0.15, -0.1) is 0 Å². The van der Waals surface area contributed by atoms with Gasteiger partial charge in [0.2, 0.25) is 23.8 Å².